The summed E-state index contributed by atoms with van der Waals surface area (Å²) in [6.07, 6.45) is 4.98. The minimum absolute atomic E-state index is 0.0162. The quantitative estimate of drug-likeness (QED) is 0.403. The van der Waals surface area contributed by atoms with Crippen molar-refractivity contribution < 1.29 is 4.79 Å². The van der Waals surface area contributed by atoms with E-state index >= 15 is 0 Å². The van der Waals surface area contributed by atoms with Gasteiger partial charge in [-0.2, -0.15) is 0 Å². The Kier molecular flexibility index (Phi) is 6.85. The van der Waals surface area contributed by atoms with Crippen LogP contribution in [0, 0.1) is 11.3 Å². The number of allylic oxidation sites excluding steroid dienone is 2. The van der Waals surface area contributed by atoms with Gasteiger partial charge in [-0.3, -0.25) is 4.79 Å². The summed E-state index contributed by atoms with van der Waals surface area (Å²) in [5.41, 5.74) is 2.75. The van der Waals surface area contributed by atoms with Gasteiger partial charge in [-0.25, -0.2) is 0 Å². The summed E-state index contributed by atoms with van der Waals surface area (Å²) in [5.74, 6) is 0.262. The number of halogens is 4. The van der Waals surface area contributed by atoms with Crippen molar-refractivity contribution in [1.82, 2.24) is 0 Å². The molecule has 0 spiro atoms. The van der Waals surface area contributed by atoms with Gasteiger partial charge in [-0.05, 0) is 60.6 Å². The summed E-state index contributed by atoms with van der Waals surface area (Å²) in [6.45, 7) is 6.56. The first-order valence-corrected chi connectivity index (χ1v) is 10.9. The lowest BCUT2D eigenvalue weighted by atomic mass is 9.68. The molecule has 2 aromatic rings. The monoisotopic (exact) mass is 466 g/mol. The highest BCUT2D eigenvalue weighted by molar-refractivity contribution is 6.38. The molecule has 1 nitrogen and oxygen atoms in total. The van der Waals surface area contributed by atoms with Crippen LogP contribution in [0.25, 0.3) is 12.2 Å². The maximum atomic E-state index is 13.3. The van der Waals surface area contributed by atoms with Crippen molar-refractivity contribution in [2.75, 3.05) is 0 Å². The van der Waals surface area contributed by atoms with Crippen LogP contribution in [-0.2, 0) is 4.79 Å². The standard InChI is InChI=1S/C24H22Cl4O/c1-24(2,3)16-10-14(12-17-19(25)6-4-7-20(17)26)23(29)15(11-16)13-18-21(27)8-5-9-22(18)28/h4-9,12-13,16H,10-11H2,1-3H3/b14-12+,15-13+. The van der Waals surface area contributed by atoms with Crippen LogP contribution in [0.15, 0.2) is 47.5 Å². The lowest BCUT2D eigenvalue weighted by Crippen LogP contribution is -2.29. The number of carbonyl (C=O) groups is 1. The van der Waals surface area contributed by atoms with Crippen molar-refractivity contribution in [2.45, 2.75) is 33.6 Å². The lowest BCUT2D eigenvalue weighted by molar-refractivity contribution is -0.113. The molecule has 1 aliphatic carbocycles. The molecule has 2 aromatic carbocycles. The van der Waals surface area contributed by atoms with Gasteiger partial charge in [-0.1, -0.05) is 79.3 Å². The maximum absolute atomic E-state index is 13.3. The predicted molar refractivity (Wildman–Crippen MR) is 126 cm³/mol. The molecule has 5 heteroatoms. The average molecular weight is 468 g/mol. The van der Waals surface area contributed by atoms with Crippen molar-refractivity contribution in [3.63, 3.8) is 0 Å². The third-order valence-corrected chi connectivity index (χ3v) is 6.70. The third kappa shape index (κ3) is 5.09. The van der Waals surface area contributed by atoms with Crippen molar-refractivity contribution >= 4 is 64.3 Å². The van der Waals surface area contributed by atoms with Gasteiger partial charge in [0.15, 0.2) is 5.78 Å². The van der Waals surface area contributed by atoms with Gasteiger partial charge in [0.2, 0.25) is 0 Å². The number of carbonyl (C=O) groups excluding carboxylic acids is 1. The van der Waals surface area contributed by atoms with E-state index < -0.39 is 0 Å². The van der Waals surface area contributed by atoms with Crippen molar-refractivity contribution in [3.05, 3.63) is 78.8 Å². The minimum atomic E-state index is -0.0162. The highest BCUT2D eigenvalue weighted by Crippen LogP contribution is 2.43. The molecule has 0 atom stereocenters. The molecule has 1 aliphatic rings. The van der Waals surface area contributed by atoms with E-state index in [2.05, 4.69) is 20.8 Å². The third-order valence-electron chi connectivity index (χ3n) is 5.38. The van der Waals surface area contributed by atoms with Crippen LogP contribution in [0.1, 0.15) is 44.7 Å². The van der Waals surface area contributed by atoms with Gasteiger partial charge < -0.3 is 0 Å². The van der Waals surface area contributed by atoms with E-state index in [4.69, 9.17) is 46.4 Å². The summed E-state index contributed by atoms with van der Waals surface area (Å²) in [6, 6.07) is 10.7. The molecule has 0 unspecified atom stereocenters. The van der Waals surface area contributed by atoms with Crippen LogP contribution in [-0.4, -0.2) is 5.78 Å². The molecule has 0 amide bonds. The summed E-state index contributed by atoms with van der Waals surface area (Å²) in [7, 11) is 0. The van der Waals surface area contributed by atoms with Crippen LogP contribution < -0.4 is 0 Å². The molecule has 29 heavy (non-hydrogen) atoms. The molecular formula is C24H22Cl4O. The lowest BCUT2D eigenvalue weighted by Gasteiger charge is -2.35. The zero-order valence-corrected chi connectivity index (χ0v) is 19.6. The number of Topliss-reactive ketones (excluding diaryl/α,β-unsaturated/α-hetero) is 1. The van der Waals surface area contributed by atoms with Crippen molar-refractivity contribution in [3.8, 4) is 0 Å². The van der Waals surface area contributed by atoms with Crippen LogP contribution in [0.4, 0.5) is 0 Å². The Bertz CT molecular complexity index is 898. The van der Waals surface area contributed by atoms with Gasteiger partial charge in [-0.15, -0.1) is 0 Å². The molecular weight excluding hydrogens is 446 g/mol. The van der Waals surface area contributed by atoms with Crippen LogP contribution in [0.5, 0.6) is 0 Å². The first-order chi connectivity index (χ1) is 13.6. The zero-order chi connectivity index (χ0) is 21.3. The first kappa shape index (κ1) is 22.4. The molecule has 0 bridgehead atoms. The zero-order valence-electron chi connectivity index (χ0n) is 16.5. The highest BCUT2D eigenvalue weighted by Gasteiger charge is 2.34. The Morgan fingerprint density at radius 3 is 1.41 bits per heavy atom. The SMILES string of the molecule is CC(C)(C)C1C/C(=C\c2c(Cl)cccc2Cl)C(=O)/C(=C/c2c(Cl)cccc2Cl)C1. The van der Waals surface area contributed by atoms with E-state index in [-0.39, 0.29) is 17.1 Å². The van der Waals surface area contributed by atoms with Crippen LogP contribution in [0.2, 0.25) is 20.1 Å². The van der Waals surface area contributed by atoms with Crippen molar-refractivity contribution in [1.29, 1.82) is 0 Å². The Morgan fingerprint density at radius 1 is 0.759 bits per heavy atom. The summed E-state index contributed by atoms with van der Waals surface area (Å²) >= 11 is 25.4. The summed E-state index contributed by atoms with van der Waals surface area (Å²) < 4.78 is 0. The molecule has 1 fully saturated rings. The number of hydrogen-bond acceptors (Lipinski definition) is 1. The predicted octanol–water partition coefficient (Wildman–Crippen LogP) is 8.79. The van der Waals surface area contributed by atoms with E-state index in [0.717, 1.165) is 0 Å². The fraction of sp³-hybridized carbons (Fsp3) is 0.292. The topological polar surface area (TPSA) is 17.1 Å². The Hall–Kier alpha value is -1.25. The second-order valence-corrected chi connectivity index (χ2v) is 10.0. The smallest absolute Gasteiger partial charge is 0.185 e. The van der Waals surface area contributed by atoms with Gasteiger partial charge >= 0.3 is 0 Å². The van der Waals surface area contributed by atoms with Gasteiger partial charge in [0.05, 0.1) is 0 Å². The molecule has 0 saturated heterocycles. The Balaban J connectivity index is 2.12. The van der Waals surface area contributed by atoms with Gasteiger partial charge in [0.25, 0.3) is 0 Å². The van der Waals surface area contributed by atoms with Gasteiger partial charge in [0, 0.05) is 42.4 Å². The number of hydrogen-bond donors (Lipinski definition) is 0. The molecule has 0 aliphatic heterocycles. The molecule has 0 aromatic heterocycles. The van der Waals surface area contributed by atoms with E-state index in [1.165, 1.54) is 0 Å². The van der Waals surface area contributed by atoms with E-state index in [9.17, 15) is 4.79 Å². The molecule has 0 N–H and O–H groups in total. The average Bonchev–Trinajstić information content (AvgIpc) is 2.63. The Labute approximate surface area is 192 Å². The Morgan fingerprint density at radius 2 is 1.10 bits per heavy atom. The van der Waals surface area contributed by atoms with Gasteiger partial charge in [0.1, 0.15) is 0 Å². The minimum Gasteiger partial charge on any atom is -0.289 e. The molecule has 1 saturated carbocycles. The number of benzene rings is 2. The second kappa shape index (κ2) is 8.86. The summed E-state index contributed by atoms with van der Waals surface area (Å²) in [4.78, 5) is 13.3. The van der Waals surface area contributed by atoms with Crippen molar-refractivity contribution in [2.24, 2.45) is 11.3 Å². The molecule has 0 heterocycles. The fourth-order valence-corrected chi connectivity index (χ4v) is 4.51. The molecule has 152 valence electrons. The first-order valence-electron chi connectivity index (χ1n) is 9.42. The molecule has 0 radical (unpaired) electrons. The highest BCUT2D eigenvalue weighted by atomic mass is 35.5. The summed E-state index contributed by atoms with van der Waals surface area (Å²) in [5, 5.41) is 2.09. The fourth-order valence-electron chi connectivity index (χ4n) is 3.50. The molecule has 3 rings (SSSR count). The normalized spacial score (nSPS) is 20.5. The van der Waals surface area contributed by atoms with E-state index in [0.29, 0.717) is 55.2 Å². The van der Waals surface area contributed by atoms with E-state index in [1.807, 2.05) is 12.2 Å². The number of ketones is 1. The maximum Gasteiger partial charge on any atom is 0.185 e. The largest absolute Gasteiger partial charge is 0.289 e. The van der Waals surface area contributed by atoms with Crippen LogP contribution in [0.3, 0.4) is 0 Å². The van der Waals surface area contributed by atoms with Crippen LogP contribution >= 0.6 is 46.4 Å². The van der Waals surface area contributed by atoms with E-state index in [1.54, 1.807) is 36.4 Å². The number of rotatable bonds is 2. The second-order valence-electron chi connectivity index (χ2n) is 8.41.